The van der Waals surface area contributed by atoms with E-state index < -0.39 is 0 Å². The average molecular weight is 355 g/mol. The highest BCUT2D eigenvalue weighted by atomic mass is 16.2. The Bertz CT molecular complexity index is 947. The third-order valence-corrected chi connectivity index (χ3v) is 7.35. The number of likely N-dealkylation sites (tertiary alicyclic amines) is 1. The average Bonchev–Trinajstić information content (AvgIpc) is 3.34. The summed E-state index contributed by atoms with van der Waals surface area (Å²) in [5, 5.41) is 4.56. The minimum atomic E-state index is -0.190. The van der Waals surface area contributed by atoms with Crippen LogP contribution in [0.1, 0.15) is 38.4 Å². The van der Waals surface area contributed by atoms with Crippen molar-refractivity contribution >= 4 is 16.9 Å². The van der Waals surface area contributed by atoms with E-state index in [1.54, 1.807) is 11.7 Å². The molecule has 0 spiro atoms. The summed E-state index contributed by atoms with van der Waals surface area (Å²) in [5.41, 5.74) is 0.708. The minimum absolute atomic E-state index is 0.188. The van der Waals surface area contributed by atoms with E-state index in [9.17, 15) is 9.59 Å². The first-order chi connectivity index (χ1) is 12.5. The molecule has 0 aromatic carbocycles. The molecule has 5 rings (SSSR count). The number of nitrogens with zero attached hydrogens (tertiary/aromatic N) is 4. The number of hydrogen-bond acceptors (Lipinski definition) is 4. The van der Waals surface area contributed by atoms with E-state index in [4.69, 9.17) is 0 Å². The van der Waals surface area contributed by atoms with Gasteiger partial charge in [-0.25, -0.2) is 4.98 Å². The van der Waals surface area contributed by atoms with Crippen LogP contribution in [0.25, 0.3) is 11.0 Å². The lowest BCUT2D eigenvalue weighted by Crippen LogP contribution is -2.34. The number of aryl methyl sites for hydroxylation is 2. The van der Waals surface area contributed by atoms with Gasteiger partial charge in [-0.05, 0) is 42.4 Å². The summed E-state index contributed by atoms with van der Waals surface area (Å²) in [6.07, 6.45) is 6.44. The number of nitrogens with one attached hydrogen (secondary N) is 1. The first kappa shape index (κ1) is 16.0. The number of aromatic amines is 1. The van der Waals surface area contributed by atoms with Gasteiger partial charge in [0.25, 0.3) is 5.56 Å². The number of carbonyl (C=O) groups is 1. The normalized spacial score (nSPS) is 32.5. The number of fused-ring (bicyclic) bond motifs is 6. The molecule has 7 heteroatoms. The minimum Gasteiger partial charge on any atom is -0.342 e. The van der Waals surface area contributed by atoms with Crippen LogP contribution >= 0.6 is 0 Å². The molecule has 3 fully saturated rings. The van der Waals surface area contributed by atoms with Crippen LogP contribution in [0.15, 0.2) is 11.0 Å². The molecule has 2 bridgehead atoms. The summed E-state index contributed by atoms with van der Waals surface area (Å²) < 4.78 is 1.59. The van der Waals surface area contributed by atoms with Crippen LogP contribution in [-0.2, 0) is 18.3 Å². The van der Waals surface area contributed by atoms with Gasteiger partial charge in [0, 0.05) is 33.0 Å². The molecule has 7 nitrogen and oxygen atoms in total. The Morgan fingerprint density at radius 3 is 3.08 bits per heavy atom. The largest absolute Gasteiger partial charge is 0.342 e. The summed E-state index contributed by atoms with van der Waals surface area (Å²) in [7, 11) is 1.77. The highest BCUT2D eigenvalue weighted by molar-refractivity contribution is 5.77. The Morgan fingerprint density at radius 1 is 1.42 bits per heavy atom. The third kappa shape index (κ3) is 2.18. The van der Waals surface area contributed by atoms with Crippen LogP contribution in [-0.4, -0.2) is 43.6 Å². The van der Waals surface area contributed by atoms with Gasteiger partial charge in [-0.1, -0.05) is 6.92 Å². The van der Waals surface area contributed by atoms with E-state index in [0.717, 1.165) is 24.9 Å². The summed E-state index contributed by atoms with van der Waals surface area (Å²) in [6.45, 7) is 4.22. The predicted octanol–water partition coefficient (Wildman–Crippen LogP) is 1.48. The van der Waals surface area contributed by atoms with Crippen LogP contribution < -0.4 is 5.56 Å². The second-order valence-electron chi connectivity index (χ2n) is 8.67. The number of H-pyrrole nitrogens is 1. The number of hydrogen-bond donors (Lipinski definition) is 1. The Kier molecular flexibility index (Phi) is 3.33. The smallest absolute Gasteiger partial charge is 0.262 e. The zero-order chi connectivity index (χ0) is 18.1. The molecule has 1 N–H and O–H groups in total. The summed E-state index contributed by atoms with van der Waals surface area (Å²) >= 11 is 0. The van der Waals surface area contributed by atoms with E-state index in [1.165, 1.54) is 25.5 Å². The maximum absolute atomic E-state index is 12.8. The molecular formula is C19H25N5O2. The standard InChI is InChI=1S/C19H25N5O2/c1-19-10-24(9-14(19)11-3-4-12(19)7-11)16(25)6-5-15-21-17-13(18(26)22-15)8-20-23(17)2/h8,11-12,14H,3-7,9-10H2,1-2H3,(H,21,22,26)/t11-,12+,14-,19+/m1/s1. The zero-order valence-corrected chi connectivity index (χ0v) is 15.4. The van der Waals surface area contributed by atoms with Crippen molar-refractivity contribution in [2.45, 2.75) is 39.0 Å². The van der Waals surface area contributed by atoms with E-state index in [1.807, 2.05) is 0 Å². The first-order valence-corrected chi connectivity index (χ1v) is 9.64. The van der Waals surface area contributed by atoms with Gasteiger partial charge < -0.3 is 9.88 Å². The molecule has 26 heavy (non-hydrogen) atoms. The van der Waals surface area contributed by atoms with Gasteiger partial charge >= 0.3 is 0 Å². The van der Waals surface area contributed by atoms with Gasteiger partial charge in [0.05, 0.1) is 6.20 Å². The van der Waals surface area contributed by atoms with Crippen molar-refractivity contribution in [2.24, 2.45) is 30.2 Å². The van der Waals surface area contributed by atoms with E-state index >= 15 is 0 Å². The second-order valence-corrected chi connectivity index (χ2v) is 8.67. The molecule has 0 unspecified atom stereocenters. The quantitative estimate of drug-likeness (QED) is 0.904. The monoisotopic (exact) mass is 355 g/mol. The van der Waals surface area contributed by atoms with Crippen molar-refractivity contribution in [3.8, 4) is 0 Å². The van der Waals surface area contributed by atoms with Crippen LogP contribution in [0.2, 0.25) is 0 Å². The number of rotatable bonds is 3. The van der Waals surface area contributed by atoms with E-state index in [-0.39, 0.29) is 11.5 Å². The van der Waals surface area contributed by atoms with Gasteiger partial charge in [-0.2, -0.15) is 5.10 Å². The van der Waals surface area contributed by atoms with Gasteiger partial charge in [0.2, 0.25) is 5.91 Å². The maximum Gasteiger partial charge on any atom is 0.262 e. The molecule has 138 valence electrons. The second kappa shape index (κ2) is 5.41. The van der Waals surface area contributed by atoms with Crippen LogP contribution in [0.3, 0.4) is 0 Å². The molecule has 1 aliphatic heterocycles. The fraction of sp³-hybridized carbons (Fsp3) is 0.684. The van der Waals surface area contributed by atoms with Gasteiger partial charge in [-0.3, -0.25) is 14.3 Å². The lowest BCUT2D eigenvalue weighted by Gasteiger charge is -2.34. The Morgan fingerprint density at radius 2 is 2.27 bits per heavy atom. The predicted molar refractivity (Wildman–Crippen MR) is 96.5 cm³/mol. The summed E-state index contributed by atoms with van der Waals surface area (Å²) in [4.78, 5) is 34.2. The third-order valence-electron chi connectivity index (χ3n) is 7.35. The molecule has 1 amide bonds. The first-order valence-electron chi connectivity index (χ1n) is 9.64. The van der Waals surface area contributed by atoms with Gasteiger partial charge in [-0.15, -0.1) is 0 Å². The molecule has 2 aliphatic carbocycles. The lowest BCUT2D eigenvalue weighted by atomic mass is 9.70. The molecular weight excluding hydrogens is 330 g/mol. The van der Waals surface area contributed by atoms with Crippen LogP contribution in [0.5, 0.6) is 0 Å². The van der Waals surface area contributed by atoms with Gasteiger partial charge in [0.15, 0.2) is 5.65 Å². The summed E-state index contributed by atoms with van der Waals surface area (Å²) in [6, 6.07) is 0. The van der Waals surface area contributed by atoms with Crippen molar-refractivity contribution < 1.29 is 4.79 Å². The zero-order valence-electron chi connectivity index (χ0n) is 15.4. The highest BCUT2D eigenvalue weighted by Crippen LogP contribution is 2.62. The van der Waals surface area contributed by atoms with Crippen LogP contribution in [0.4, 0.5) is 0 Å². The summed E-state index contributed by atoms with van der Waals surface area (Å²) in [5.74, 6) is 3.07. The fourth-order valence-corrected chi connectivity index (χ4v) is 5.91. The number of carbonyl (C=O) groups excluding carboxylic acids is 1. The van der Waals surface area contributed by atoms with Crippen molar-refractivity contribution in [3.05, 3.63) is 22.4 Å². The van der Waals surface area contributed by atoms with Crippen molar-refractivity contribution in [1.29, 1.82) is 0 Å². The van der Waals surface area contributed by atoms with Gasteiger partial charge in [0.1, 0.15) is 11.2 Å². The van der Waals surface area contributed by atoms with Crippen molar-refractivity contribution in [2.75, 3.05) is 13.1 Å². The van der Waals surface area contributed by atoms with E-state index in [2.05, 4.69) is 26.9 Å². The van der Waals surface area contributed by atoms with Crippen LogP contribution in [0, 0.1) is 23.2 Å². The number of amides is 1. The highest BCUT2D eigenvalue weighted by Gasteiger charge is 2.59. The Hall–Kier alpha value is -2.18. The fourth-order valence-electron chi connectivity index (χ4n) is 5.91. The molecule has 1 saturated heterocycles. The molecule has 3 aliphatic rings. The van der Waals surface area contributed by atoms with E-state index in [0.29, 0.717) is 41.0 Å². The Labute approximate surface area is 151 Å². The SMILES string of the molecule is Cn1ncc2c(=O)[nH]c(CCC(=O)N3C[C@@H]4[C@@H]5CC[C@@H](C5)[C@]4(C)C3)nc21. The number of aromatic nitrogens is 4. The molecule has 2 aromatic heterocycles. The molecule has 4 atom stereocenters. The maximum atomic E-state index is 12.8. The lowest BCUT2D eigenvalue weighted by molar-refractivity contribution is -0.130. The molecule has 0 radical (unpaired) electrons. The van der Waals surface area contributed by atoms with Crippen molar-refractivity contribution in [1.82, 2.24) is 24.6 Å². The van der Waals surface area contributed by atoms with Crippen molar-refractivity contribution in [3.63, 3.8) is 0 Å². The Balaban J connectivity index is 1.29. The molecule has 2 aromatic rings. The molecule has 2 saturated carbocycles. The molecule has 3 heterocycles. The topological polar surface area (TPSA) is 83.9 Å².